The average molecular weight is 323 g/mol. The number of rotatable bonds is 2. The normalized spacial score (nSPS) is 24.6. The van der Waals surface area contributed by atoms with Crippen LogP contribution >= 0.6 is 15.9 Å². The van der Waals surface area contributed by atoms with E-state index in [1.54, 1.807) is 24.3 Å². The molecule has 0 amide bonds. The van der Waals surface area contributed by atoms with E-state index in [9.17, 15) is 4.79 Å². The molecule has 0 saturated heterocycles. The Labute approximate surface area is 116 Å². The van der Waals surface area contributed by atoms with Crippen LogP contribution in [0.3, 0.4) is 0 Å². The van der Waals surface area contributed by atoms with Crippen LogP contribution in [0, 0.1) is 0 Å². The van der Waals surface area contributed by atoms with E-state index in [0.717, 1.165) is 0 Å². The first kappa shape index (κ1) is 12.1. The summed E-state index contributed by atoms with van der Waals surface area (Å²) < 4.78 is 5.59. The van der Waals surface area contributed by atoms with Gasteiger partial charge in [-0.3, -0.25) is 0 Å². The lowest BCUT2D eigenvalue weighted by Crippen LogP contribution is -2.43. The summed E-state index contributed by atoms with van der Waals surface area (Å²) in [6.45, 7) is 0. The van der Waals surface area contributed by atoms with Gasteiger partial charge in [-0.25, -0.2) is 4.79 Å². The Morgan fingerprint density at radius 1 is 1.42 bits per heavy atom. The second-order valence-electron chi connectivity index (χ2n) is 4.12. The predicted molar refractivity (Wildman–Crippen MR) is 70.3 cm³/mol. The number of furan rings is 1. The highest BCUT2D eigenvalue weighted by molar-refractivity contribution is 9.10. The molecule has 2 aliphatic rings. The van der Waals surface area contributed by atoms with Crippen LogP contribution in [-0.4, -0.2) is 21.5 Å². The number of quaternary nitrogens is 1. The molecule has 19 heavy (non-hydrogen) atoms. The van der Waals surface area contributed by atoms with Crippen molar-refractivity contribution in [3.05, 3.63) is 58.3 Å². The van der Waals surface area contributed by atoms with Gasteiger partial charge >= 0.3 is 5.97 Å². The fourth-order valence-corrected chi connectivity index (χ4v) is 2.21. The molecule has 1 aromatic rings. The molecule has 0 spiro atoms. The molecular formula is C12H9BrN3O3+. The second kappa shape index (κ2) is 4.02. The molecular weight excluding hydrogens is 314 g/mol. The van der Waals surface area contributed by atoms with Gasteiger partial charge in [-0.05, 0) is 39.2 Å². The maximum Gasteiger partial charge on any atom is 0.341 e. The third-order valence-corrected chi connectivity index (χ3v) is 3.24. The van der Waals surface area contributed by atoms with Crippen molar-refractivity contribution in [2.45, 2.75) is 0 Å². The van der Waals surface area contributed by atoms with Crippen molar-refractivity contribution in [2.24, 2.45) is 10.9 Å². The van der Waals surface area contributed by atoms with Gasteiger partial charge < -0.3 is 9.52 Å². The molecule has 0 aliphatic carbocycles. The van der Waals surface area contributed by atoms with Crippen LogP contribution < -0.4 is 5.84 Å². The van der Waals surface area contributed by atoms with Crippen molar-refractivity contribution in [3.8, 4) is 0 Å². The van der Waals surface area contributed by atoms with E-state index in [1.165, 1.54) is 12.3 Å². The Kier molecular flexibility index (Phi) is 2.56. The van der Waals surface area contributed by atoms with Gasteiger partial charge in [0.25, 0.3) is 0 Å². The summed E-state index contributed by atoms with van der Waals surface area (Å²) in [6, 6.07) is 3.51. The van der Waals surface area contributed by atoms with Gasteiger partial charge in [-0.15, -0.1) is 5.84 Å². The zero-order chi connectivity index (χ0) is 13.6. The van der Waals surface area contributed by atoms with Crippen LogP contribution in [0.5, 0.6) is 0 Å². The van der Waals surface area contributed by atoms with E-state index in [4.69, 9.17) is 15.4 Å². The van der Waals surface area contributed by atoms with Crippen LogP contribution in [0.4, 0.5) is 0 Å². The molecule has 0 fully saturated rings. The van der Waals surface area contributed by atoms with Gasteiger partial charge in [0.1, 0.15) is 5.57 Å². The molecule has 7 heteroatoms. The summed E-state index contributed by atoms with van der Waals surface area (Å²) >= 11 is 3.22. The SMILES string of the molecule is N[N+]12C=C(C(=O)O)C=CC1=CC(c1ccc(Br)o1)=N2. The van der Waals surface area contributed by atoms with Crippen molar-refractivity contribution in [1.29, 1.82) is 0 Å². The van der Waals surface area contributed by atoms with Crippen molar-refractivity contribution in [1.82, 2.24) is 0 Å². The van der Waals surface area contributed by atoms with Crippen LogP contribution in [0.15, 0.2) is 62.0 Å². The summed E-state index contributed by atoms with van der Waals surface area (Å²) in [6.07, 6.45) is 6.27. The number of halogens is 1. The van der Waals surface area contributed by atoms with Gasteiger partial charge in [-0.2, -0.15) is 0 Å². The van der Waals surface area contributed by atoms with E-state index >= 15 is 0 Å². The molecule has 0 aromatic carbocycles. The second-order valence-corrected chi connectivity index (χ2v) is 4.90. The van der Waals surface area contributed by atoms with Gasteiger partial charge in [-0.1, -0.05) is 4.70 Å². The number of hydrogen-bond acceptors (Lipinski definition) is 4. The molecule has 1 aromatic heterocycles. The largest absolute Gasteiger partial charge is 0.477 e. The zero-order valence-electron chi connectivity index (χ0n) is 9.58. The van der Waals surface area contributed by atoms with Gasteiger partial charge in [0.05, 0.1) is 0 Å². The number of fused-ring (bicyclic) bond motifs is 1. The molecule has 2 aliphatic heterocycles. The number of nitrogens with zero attached hydrogens (tertiary/aromatic N) is 2. The monoisotopic (exact) mass is 322 g/mol. The maximum absolute atomic E-state index is 11.0. The van der Waals surface area contributed by atoms with Crippen molar-refractivity contribution in [2.75, 3.05) is 0 Å². The Morgan fingerprint density at radius 3 is 2.84 bits per heavy atom. The minimum atomic E-state index is -1.04. The first-order valence-electron chi connectivity index (χ1n) is 5.38. The summed E-state index contributed by atoms with van der Waals surface area (Å²) in [7, 11) is 0. The molecule has 0 bridgehead atoms. The highest BCUT2D eigenvalue weighted by Gasteiger charge is 2.38. The number of carboxylic acids is 1. The third kappa shape index (κ3) is 1.97. The van der Waals surface area contributed by atoms with Crippen LogP contribution in [0.25, 0.3) is 0 Å². The fourth-order valence-electron chi connectivity index (χ4n) is 1.91. The maximum atomic E-state index is 11.0. The Morgan fingerprint density at radius 2 is 2.21 bits per heavy atom. The first-order valence-corrected chi connectivity index (χ1v) is 6.17. The molecule has 3 rings (SSSR count). The number of carboxylic acid groups (broad SMARTS) is 1. The Bertz CT molecular complexity index is 699. The average Bonchev–Trinajstić information content (AvgIpc) is 2.90. The molecule has 96 valence electrons. The van der Waals surface area contributed by atoms with Crippen molar-refractivity contribution >= 4 is 27.6 Å². The Hall–Kier alpha value is -1.96. The topological polar surface area (TPSA) is 88.8 Å². The number of carbonyl (C=O) groups is 1. The van der Waals surface area contributed by atoms with Crippen LogP contribution in [0.1, 0.15) is 5.76 Å². The minimum absolute atomic E-state index is 0.102. The highest BCUT2D eigenvalue weighted by atomic mass is 79.9. The van der Waals surface area contributed by atoms with E-state index in [-0.39, 0.29) is 5.57 Å². The molecule has 0 saturated carbocycles. The summed E-state index contributed by atoms with van der Waals surface area (Å²) in [5.41, 5.74) is 1.34. The molecule has 0 radical (unpaired) electrons. The van der Waals surface area contributed by atoms with Crippen LogP contribution in [0.2, 0.25) is 0 Å². The third-order valence-electron chi connectivity index (χ3n) is 2.81. The Balaban J connectivity index is 2.04. The molecule has 6 nitrogen and oxygen atoms in total. The van der Waals surface area contributed by atoms with E-state index in [1.807, 2.05) is 0 Å². The fraction of sp³-hybridized carbons (Fsp3) is 0. The predicted octanol–water partition coefficient (Wildman–Crippen LogP) is 1.87. The van der Waals surface area contributed by atoms with E-state index in [0.29, 0.717) is 21.8 Å². The standard InChI is InChI=1S/C12H8BrN3O3/c13-11-4-3-10(19-11)9-5-8-2-1-7(12(17)18)6-16(8,14)15-9/h1-6H,14H2/p+1. The molecule has 3 N–H and O–H groups in total. The lowest BCUT2D eigenvalue weighted by molar-refractivity contribution is -0.855. The smallest absolute Gasteiger partial charge is 0.341 e. The van der Waals surface area contributed by atoms with Crippen LogP contribution in [-0.2, 0) is 4.79 Å². The number of allylic oxidation sites excluding steroid dienone is 2. The zero-order valence-corrected chi connectivity index (χ0v) is 11.2. The van der Waals surface area contributed by atoms with E-state index < -0.39 is 10.7 Å². The number of hydrogen-bond donors (Lipinski definition) is 2. The summed E-state index contributed by atoms with van der Waals surface area (Å²) in [5, 5.41) is 13.3. The van der Waals surface area contributed by atoms with Gasteiger partial charge in [0.15, 0.2) is 28.0 Å². The lowest BCUT2D eigenvalue weighted by Gasteiger charge is -2.21. The summed E-state index contributed by atoms with van der Waals surface area (Å²) in [5.74, 6) is 5.59. The van der Waals surface area contributed by atoms with Gasteiger partial charge in [0.2, 0.25) is 0 Å². The lowest BCUT2D eigenvalue weighted by atomic mass is 10.1. The molecule has 1 unspecified atom stereocenters. The minimum Gasteiger partial charge on any atom is -0.477 e. The summed E-state index contributed by atoms with van der Waals surface area (Å²) in [4.78, 5) is 11.0. The first-order chi connectivity index (χ1) is 8.98. The molecule has 3 heterocycles. The molecule has 1 atom stereocenters. The quantitative estimate of drug-likeness (QED) is 0.642. The van der Waals surface area contributed by atoms with Crippen molar-refractivity contribution < 1.29 is 19.0 Å². The number of nitrogens with two attached hydrogens (primary N) is 1. The highest BCUT2D eigenvalue weighted by Crippen LogP contribution is 2.30. The van der Waals surface area contributed by atoms with Gasteiger partial charge in [0, 0.05) is 12.2 Å². The number of aliphatic carboxylic acids is 1. The van der Waals surface area contributed by atoms with Crippen molar-refractivity contribution in [3.63, 3.8) is 0 Å². The van der Waals surface area contributed by atoms with E-state index in [2.05, 4.69) is 21.0 Å².